The number of methoxy groups -OCH3 is 1. The van der Waals surface area contributed by atoms with Gasteiger partial charge in [0.2, 0.25) is 0 Å². The highest BCUT2D eigenvalue weighted by molar-refractivity contribution is 5.96. The van der Waals surface area contributed by atoms with E-state index in [4.69, 9.17) is 24.9 Å². The summed E-state index contributed by atoms with van der Waals surface area (Å²) in [6.07, 6.45) is 5.45. The van der Waals surface area contributed by atoms with E-state index in [-0.39, 0.29) is 25.0 Å². The number of piperazine rings is 1. The molecule has 6 bridgehead atoms. The minimum absolute atomic E-state index is 0.140. The van der Waals surface area contributed by atoms with Gasteiger partial charge in [0.1, 0.15) is 17.7 Å². The van der Waals surface area contributed by atoms with Gasteiger partial charge in [-0.1, -0.05) is 26.0 Å². The van der Waals surface area contributed by atoms with Gasteiger partial charge in [-0.2, -0.15) is 0 Å². The lowest BCUT2D eigenvalue weighted by Crippen LogP contribution is -2.60. The summed E-state index contributed by atoms with van der Waals surface area (Å²) < 4.78 is 20.2. The second kappa shape index (κ2) is 17.8. The number of pyridine rings is 1. The van der Waals surface area contributed by atoms with Crippen molar-refractivity contribution in [2.45, 2.75) is 123 Å². The van der Waals surface area contributed by atoms with Crippen LogP contribution in [-0.4, -0.2) is 108 Å². The van der Waals surface area contributed by atoms with Crippen LogP contribution >= 0.6 is 0 Å². The number of rotatable bonds is 7. The highest BCUT2D eigenvalue weighted by Crippen LogP contribution is 2.43. The maximum atomic E-state index is 14.3. The van der Waals surface area contributed by atoms with E-state index in [1.165, 1.54) is 17.9 Å². The van der Waals surface area contributed by atoms with E-state index in [1.54, 1.807) is 27.9 Å². The number of benzene rings is 2. The van der Waals surface area contributed by atoms with E-state index in [9.17, 15) is 14.4 Å². The van der Waals surface area contributed by atoms with Crippen molar-refractivity contribution in [1.82, 2.24) is 30.2 Å². The van der Waals surface area contributed by atoms with E-state index in [1.807, 2.05) is 31.3 Å². The van der Waals surface area contributed by atoms with Crippen LogP contribution in [0.5, 0.6) is 0 Å². The summed E-state index contributed by atoms with van der Waals surface area (Å²) >= 11 is 0. The molecule has 3 atom stereocenters. The van der Waals surface area contributed by atoms with Gasteiger partial charge in [0.05, 0.1) is 36.0 Å². The molecule has 4 N–H and O–H groups in total. The fourth-order valence-electron chi connectivity index (χ4n) is 9.55. The van der Waals surface area contributed by atoms with E-state index in [0.29, 0.717) is 38.0 Å². The summed E-state index contributed by atoms with van der Waals surface area (Å²) in [5, 5.41) is 5.35. The molecular formula is C49H66N8O6. The number of aromatic nitrogens is 2. The first-order valence-corrected chi connectivity index (χ1v) is 22.8. The van der Waals surface area contributed by atoms with Crippen LogP contribution in [0.2, 0.25) is 0 Å². The lowest BCUT2D eigenvalue weighted by Gasteiger charge is -2.36. The average Bonchev–Trinajstić information content (AvgIpc) is 4.06. The number of carbonyl (C=O) groups is 3. The van der Waals surface area contributed by atoms with Crippen molar-refractivity contribution in [3.8, 4) is 22.4 Å². The Morgan fingerprint density at radius 1 is 1.03 bits per heavy atom. The number of nitrogens with one attached hydrogen (secondary N) is 2. The molecule has 2 amide bonds. The molecule has 2 aromatic heterocycles. The van der Waals surface area contributed by atoms with Crippen LogP contribution in [0, 0.1) is 5.41 Å². The van der Waals surface area contributed by atoms with E-state index >= 15 is 0 Å². The fraction of sp³-hybridized carbons (Fsp3) is 0.551. The van der Waals surface area contributed by atoms with Crippen molar-refractivity contribution >= 4 is 40.2 Å². The monoisotopic (exact) mass is 863 g/mol. The molecule has 5 heterocycles. The number of amides is 2. The molecule has 8 rings (SSSR count). The number of hydrogen-bond acceptors (Lipinski definition) is 11. The first-order valence-electron chi connectivity index (χ1n) is 22.8. The predicted octanol–water partition coefficient (Wildman–Crippen LogP) is 7.02. The lowest BCUT2D eigenvalue weighted by atomic mass is 9.84. The van der Waals surface area contributed by atoms with Gasteiger partial charge >= 0.3 is 12.1 Å². The van der Waals surface area contributed by atoms with Gasteiger partial charge in [-0.25, -0.2) is 10.2 Å². The summed E-state index contributed by atoms with van der Waals surface area (Å²) in [6.45, 7) is 19.0. The minimum Gasteiger partial charge on any atom is -0.464 e. The minimum atomic E-state index is -1.01. The standard InChI is InChI=1S/C49H66N8O6/c1-9-56-42-15-12-32-25-37(42)39(44(56)38-26-36(28-51-43(38)30(2)61-8)55-19-17-54(18-20-55)35-13-14-35)27-49(6,7)29-62-46(59)40-11-10-16-57(53-40)45(58)41(52-47(60)63-48(3,4)5)23-31-21-33(32)24-34(50)22-31/h12,15,21-22,24-26,28,30,35,40-41,53H,9-11,13-14,16-20,23,27,29,50H2,1-8H3,(H,52,60)/t30-,40-,41-/m0/s1. The van der Waals surface area contributed by atoms with Crippen LogP contribution in [0.3, 0.4) is 0 Å². The lowest BCUT2D eigenvalue weighted by molar-refractivity contribution is -0.155. The highest BCUT2D eigenvalue weighted by atomic mass is 16.6. The summed E-state index contributed by atoms with van der Waals surface area (Å²) in [7, 11) is 1.73. The third-order valence-electron chi connectivity index (χ3n) is 12.9. The van der Waals surface area contributed by atoms with Gasteiger partial charge in [-0.05, 0) is 119 Å². The Balaban J connectivity index is 1.27. The topological polar surface area (TPSA) is 157 Å². The molecule has 1 saturated carbocycles. The number of esters is 1. The molecule has 1 aliphatic carbocycles. The van der Waals surface area contributed by atoms with Crippen LogP contribution in [0.1, 0.15) is 97.1 Å². The molecule has 14 nitrogen and oxygen atoms in total. The molecule has 338 valence electrons. The fourth-order valence-corrected chi connectivity index (χ4v) is 9.55. The number of cyclic esters (lactones) is 1. The molecule has 2 aromatic carbocycles. The Morgan fingerprint density at radius 3 is 2.49 bits per heavy atom. The van der Waals surface area contributed by atoms with Gasteiger partial charge in [0, 0.05) is 86.4 Å². The van der Waals surface area contributed by atoms with Crippen molar-refractivity contribution in [1.29, 1.82) is 0 Å². The number of anilines is 2. The number of alkyl carbamates (subject to hydrolysis) is 1. The zero-order chi connectivity index (χ0) is 44.8. The van der Waals surface area contributed by atoms with E-state index in [2.05, 4.69) is 70.1 Å². The second-order valence-electron chi connectivity index (χ2n) is 19.7. The Labute approximate surface area is 371 Å². The first-order chi connectivity index (χ1) is 30.0. The molecule has 4 aromatic rings. The highest BCUT2D eigenvalue weighted by Gasteiger charge is 2.37. The van der Waals surface area contributed by atoms with Crippen molar-refractivity contribution < 1.29 is 28.6 Å². The van der Waals surface area contributed by atoms with Crippen LogP contribution in [0.25, 0.3) is 33.3 Å². The molecule has 63 heavy (non-hydrogen) atoms. The predicted molar refractivity (Wildman–Crippen MR) is 246 cm³/mol. The molecule has 4 aliphatic rings. The van der Waals surface area contributed by atoms with Gasteiger partial charge in [-0.3, -0.25) is 24.5 Å². The number of carbonyl (C=O) groups excluding carboxylic acids is 3. The summed E-state index contributed by atoms with van der Waals surface area (Å²) in [5.41, 5.74) is 17.9. The summed E-state index contributed by atoms with van der Waals surface area (Å²) in [6, 6.07) is 13.7. The van der Waals surface area contributed by atoms with Gasteiger partial charge in [-0.15, -0.1) is 0 Å². The number of nitrogens with zero attached hydrogens (tertiary/aromatic N) is 5. The van der Waals surface area contributed by atoms with E-state index < -0.39 is 35.2 Å². The van der Waals surface area contributed by atoms with Crippen molar-refractivity contribution in [3.05, 3.63) is 65.5 Å². The van der Waals surface area contributed by atoms with Gasteiger partial charge in [0.15, 0.2) is 0 Å². The first kappa shape index (κ1) is 44.4. The van der Waals surface area contributed by atoms with Gasteiger partial charge < -0.3 is 34.7 Å². The number of ether oxygens (including phenoxy) is 3. The Hall–Kier alpha value is -5.18. The maximum Gasteiger partial charge on any atom is 0.408 e. The molecule has 0 unspecified atom stereocenters. The van der Waals surface area contributed by atoms with Gasteiger partial charge in [0.25, 0.3) is 5.91 Å². The van der Waals surface area contributed by atoms with Crippen LogP contribution in [-0.2, 0) is 43.2 Å². The molecule has 3 fully saturated rings. The van der Waals surface area contributed by atoms with Crippen LogP contribution in [0.4, 0.5) is 16.2 Å². The zero-order valence-electron chi connectivity index (χ0n) is 38.4. The Morgan fingerprint density at radius 2 is 1.79 bits per heavy atom. The number of hydrazine groups is 1. The van der Waals surface area contributed by atoms with E-state index in [0.717, 1.165) is 88.0 Å². The average molecular weight is 863 g/mol. The molecule has 0 radical (unpaired) electrons. The molecule has 3 aliphatic heterocycles. The molecule has 14 heteroatoms. The largest absolute Gasteiger partial charge is 0.464 e. The molecule has 2 saturated heterocycles. The Kier molecular flexibility index (Phi) is 12.5. The number of hydrogen-bond donors (Lipinski definition) is 3. The van der Waals surface area contributed by atoms with Crippen molar-refractivity contribution in [2.75, 3.05) is 57.1 Å². The SMILES string of the molecule is CCn1c(-c2cc(N3CCN(C4CC4)CC3)cnc2[C@H](C)OC)c2c3cc(ccc31)-c1cc(N)cc(c1)C[C@H](NC(=O)OC(C)(C)C)C(=O)N1CCC[C@H](N1)C(=O)OCC(C)(C)C2. The van der Waals surface area contributed by atoms with Crippen LogP contribution < -0.4 is 21.4 Å². The number of nitrogens with two attached hydrogens (primary N) is 1. The zero-order valence-corrected chi connectivity index (χ0v) is 38.4. The summed E-state index contributed by atoms with van der Waals surface area (Å²) in [5.74, 6) is -0.809. The second-order valence-corrected chi connectivity index (χ2v) is 19.7. The van der Waals surface area contributed by atoms with Crippen molar-refractivity contribution in [3.63, 3.8) is 0 Å². The molecule has 0 spiro atoms. The van der Waals surface area contributed by atoms with Crippen LogP contribution in [0.15, 0.2) is 48.7 Å². The smallest absolute Gasteiger partial charge is 0.408 e. The number of aryl methyl sites for hydroxylation is 1. The third-order valence-corrected chi connectivity index (χ3v) is 12.9. The third kappa shape index (κ3) is 9.83. The Bertz CT molecular complexity index is 2360. The molecular weight excluding hydrogens is 797 g/mol. The normalized spacial score (nSPS) is 21.8. The number of fused-ring (bicyclic) bond motifs is 6. The number of nitrogen functional groups attached to an aromatic ring is 1. The van der Waals surface area contributed by atoms with Crippen molar-refractivity contribution in [2.24, 2.45) is 5.41 Å². The summed E-state index contributed by atoms with van der Waals surface area (Å²) in [4.78, 5) is 51.7. The maximum absolute atomic E-state index is 14.3. The quantitative estimate of drug-likeness (QED) is 0.130.